The second kappa shape index (κ2) is 11.9. The highest BCUT2D eigenvalue weighted by molar-refractivity contribution is 7.80. The molecule has 3 aromatic carbocycles. The molecule has 5 nitrogen and oxygen atoms in total. The van der Waals surface area contributed by atoms with Gasteiger partial charge in [-0.15, -0.1) is 0 Å². The predicted octanol–water partition coefficient (Wildman–Crippen LogP) is 5.61. The van der Waals surface area contributed by atoms with Gasteiger partial charge >= 0.3 is 0 Å². The van der Waals surface area contributed by atoms with E-state index in [1.54, 1.807) is 18.2 Å². The molecule has 0 fully saturated rings. The number of carbonyl (C=O) groups is 1. The van der Waals surface area contributed by atoms with Crippen LogP contribution in [-0.2, 0) is 6.42 Å². The third kappa shape index (κ3) is 7.39. The van der Waals surface area contributed by atoms with Gasteiger partial charge in [0.05, 0.1) is 12.7 Å². The molecular weight excluding hydrogens is 420 g/mol. The van der Waals surface area contributed by atoms with Gasteiger partial charge in [0, 0.05) is 17.7 Å². The fourth-order valence-corrected chi connectivity index (χ4v) is 3.14. The SMILES string of the molecule is CCC(C)Oc1cccc(C(=O)NC(=S)Nc2ccc(OCCc3ccccc3)cc2)c1. The largest absolute Gasteiger partial charge is 0.493 e. The van der Waals surface area contributed by atoms with Gasteiger partial charge in [-0.3, -0.25) is 10.1 Å². The smallest absolute Gasteiger partial charge is 0.257 e. The fourth-order valence-electron chi connectivity index (χ4n) is 2.93. The molecule has 32 heavy (non-hydrogen) atoms. The van der Waals surface area contributed by atoms with Crippen LogP contribution in [0.15, 0.2) is 78.9 Å². The predicted molar refractivity (Wildman–Crippen MR) is 133 cm³/mol. The minimum absolute atomic E-state index is 0.0846. The molecule has 3 aromatic rings. The average molecular weight is 449 g/mol. The van der Waals surface area contributed by atoms with E-state index in [0.29, 0.717) is 17.9 Å². The van der Waals surface area contributed by atoms with Gasteiger partial charge in [-0.05, 0) is 73.6 Å². The summed E-state index contributed by atoms with van der Waals surface area (Å²) >= 11 is 5.29. The number of rotatable bonds is 9. The Kier molecular flexibility index (Phi) is 8.63. The van der Waals surface area contributed by atoms with Crippen molar-refractivity contribution in [1.29, 1.82) is 0 Å². The molecule has 3 rings (SSSR count). The molecule has 0 aliphatic heterocycles. The summed E-state index contributed by atoms with van der Waals surface area (Å²) in [4.78, 5) is 12.5. The number of carbonyl (C=O) groups excluding carboxylic acids is 1. The monoisotopic (exact) mass is 448 g/mol. The molecule has 6 heteroatoms. The van der Waals surface area contributed by atoms with Crippen molar-refractivity contribution in [2.24, 2.45) is 0 Å². The summed E-state index contributed by atoms with van der Waals surface area (Å²) in [5.41, 5.74) is 2.49. The molecule has 1 unspecified atom stereocenters. The van der Waals surface area contributed by atoms with Gasteiger partial charge in [-0.25, -0.2) is 0 Å². The molecule has 1 amide bonds. The first-order chi connectivity index (χ1) is 15.5. The van der Waals surface area contributed by atoms with Crippen LogP contribution in [-0.4, -0.2) is 23.7 Å². The maximum atomic E-state index is 12.5. The normalized spacial score (nSPS) is 11.3. The van der Waals surface area contributed by atoms with Crippen LogP contribution in [0, 0.1) is 0 Å². The van der Waals surface area contributed by atoms with E-state index in [1.165, 1.54) is 5.56 Å². The molecule has 0 aromatic heterocycles. The van der Waals surface area contributed by atoms with Gasteiger partial charge in [-0.2, -0.15) is 0 Å². The number of ether oxygens (including phenoxy) is 2. The van der Waals surface area contributed by atoms with Gasteiger partial charge in [-0.1, -0.05) is 43.3 Å². The highest BCUT2D eigenvalue weighted by Crippen LogP contribution is 2.17. The zero-order chi connectivity index (χ0) is 22.8. The van der Waals surface area contributed by atoms with E-state index in [0.717, 1.165) is 24.3 Å². The molecule has 166 valence electrons. The number of hydrogen-bond donors (Lipinski definition) is 2. The van der Waals surface area contributed by atoms with Crippen LogP contribution < -0.4 is 20.1 Å². The first-order valence-corrected chi connectivity index (χ1v) is 11.1. The molecule has 0 radical (unpaired) electrons. The third-order valence-corrected chi connectivity index (χ3v) is 5.05. The van der Waals surface area contributed by atoms with E-state index in [-0.39, 0.29) is 17.1 Å². The Bertz CT molecular complexity index is 1020. The number of thiocarbonyl (C=S) groups is 1. The Labute approximate surface area is 194 Å². The summed E-state index contributed by atoms with van der Waals surface area (Å²) in [5.74, 6) is 1.14. The Morgan fingerprint density at radius 3 is 2.44 bits per heavy atom. The van der Waals surface area contributed by atoms with Crippen LogP contribution in [0.1, 0.15) is 36.2 Å². The van der Waals surface area contributed by atoms with Crippen molar-refractivity contribution in [1.82, 2.24) is 5.32 Å². The number of anilines is 1. The van der Waals surface area contributed by atoms with Crippen LogP contribution in [0.25, 0.3) is 0 Å². The zero-order valence-corrected chi connectivity index (χ0v) is 19.2. The second-order valence-electron chi connectivity index (χ2n) is 7.38. The van der Waals surface area contributed by atoms with E-state index in [9.17, 15) is 4.79 Å². The van der Waals surface area contributed by atoms with Crippen LogP contribution in [0.2, 0.25) is 0 Å². The Morgan fingerprint density at radius 2 is 1.72 bits per heavy atom. The molecule has 0 heterocycles. The minimum atomic E-state index is -0.294. The zero-order valence-electron chi connectivity index (χ0n) is 18.3. The molecular formula is C26H28N2O3S. The van der Waals surface area contributed by atoms with Crippen molar-refractivity contribution in [2.75, 3.05) is 11.9 Å². The summed E-state index contributed by atoms with van der Waals surface area (Å²) in [5, 5.41) is 5.94. The van der Waals surface area contributed by atoms with E-state index >= 15 is 0 Å². The van der Waals surface area contributed by atoms with Crippen LogP contribution >= 0.6 is 12.2 Å². The first-order valence-electron chi connectivity index (χ1n) is 10.7. The van der Waals surface area contributed by atoms with Gasteiger partial charge in [0.1, 0.15) is 11.5 Å². The van der Waals surface area contributed by atoms with E-state index in [2.05, 4.69) is 29.7 Å². The number of benzene rings is 3. The van der Waals surface area contributed by atoms with Crippen LogP contribution in [0.5, 0.6) is 11.5 Å². The van der Waals surface area contributed by atoms with Crippen LogP contribution in [0.3, 0.4) is 0 Å². The molecule has 0 aliphatic rings. The van der Waals surface area contributed by atoms with E-state index < -0.39 is 0 Å². The Balaban J connectivity index is 1.47. The standard InChI is InChI=1S/C26H28N2O3S/c1-3-19(2)31-24-11-7-10-21(18-24)25(29)28-26(32)27-22-12-14-23(15-13-22)30-17-16-20-8-5-4-6-9-20/h4-15,18-19H,3,16-17H2,1-2H3,(H2,27,28,29,32). The summed E-state index contributed by atoms with van der Waals surface area (Å²) in [6, 6.07) is 24.7. The quantitative estimate of drug-likeness (QED) is 0.417. The van der Waals surface area contributed by atoms with E-state index in [1.807, 2.05) is 55.5 Å². The van der Waals surface area contributed by atoms with E-state index in [4.69, 9.17) is 21.7 Å². The molecule has 0 spiro atoms. The number of nitrogens with one attached hydrogen (secondary N) is 2. The molecule has 2 N–H and O–H groups in total. The fraction of sp³-hybridized carbons (Fsp3) is 0.231. The van der Waals surface area contributed by atoms with Crippen molar-refractivity contribution in [2.45, 2.75) is 32.8 Å². The molecule has 0 bridgehead atoms. The van der Waals surface area contributed by atoms with Gasteiger partial charge in [0.2, 0.25) is 0 Å². The van der Waals surface area contributed by atoms with Crippen molar-refractivity contribution in [3.8, 4) is 11.5 Å². The lowest BCUT2D eigenvalue weighted by Gasteiger charge is -2.14. The maximum Gasteiger partial charge on any atom is 0.257 e. The molecule has 0 saturated heterocycles. The third-order valence-electron chi connectivity index (χ3n) is 4.85. The second-order valence-corrected chi connectivity index (χ2v) is 7.79. The lowest BCUT2D eigenvalue weighted by atomic mass is 10.2. The summed E-state index contributed by atoms with van der Waals surface area (Å²) in [6.45, 7) is 4.64. The minimum Gasteiger partial charge on any atom is -0.493 e. The number of amides is 1. The molecule has 1 atom stereocenters. The maximum absolute atomic E-state index is 12.5. The number of hydrogen-bond acceptors (Lipinski definition) is 4. The first kappa shape index (κ1) is 23.3. The van der Waals surface area contributed by atoms with Gasteiger partial charge in [0.15, 0.2) is 5.11 Å². The summed E-state index contributed by atoms with van der Waals surface area (Å²) in [6.07, 6.45) is 1.82. The van der Waals surface area contributed by atoms with Gasteiger partial charge in [0.25, 0.3) is 5.91 Å². The van der Waals surface area contributed by atoms with Crippen molar-refractivity contribution >= 4 is 28.9 Å². The lowest BCUT2D eigenvalue weighted by molar-refractivity contribution is 0.0977. The average Bonchev–Trinajstić information content (AvgIpc) is 2.81. The highest BCUT2D eigenvalue weighted by Gasteiger charge is 2.10. The Hall–Kier alpha value is -3.38. The summed E-state index contributed by atoms with van der Waals surface area (Å²) in [7, 11) is 0. The summed E-state index contributed by atoms with van der Waals surface area (Å²) < 4.78 is 11.6. The topological polar surface area (TPSA) is 59.6 Å². The Morgan fingerprint density at radius 1 is 0.969 bits per heavy atom. The van der Waals surface area contributed by atoms with Crippen molar-refractivity contribution < 1.29 is 14.3 Å². The lowest BCUT2D eigenvalue weighted by Crippen LogP contribution is -2.34. The molecule has 0 saturated carbocycles. The van der Waals surface area contributed by atoms with Gasteiger partial charge < -0.3 is 14.8 Å². The van der Waals surface area contributed by atoms with Crippen molar-refractivity contribution in [3.05, 3.63) is 90.0 Å². The molecule has 0 aliphatic carbocycles. The van der Waals surface area contributed by atoms with Crippen LogP contribution in [0.4, 0.5) is 5.69 Å². The highest BCUT2D eigenvalue weighted by atomic mass is 32.1. The van der Waals surface area contributed by atoms with Crippen molar-refractivity contribution in [3.63, 3.8) is 0 Å².